The molecule has 1 unspecified atom stereocenters. The van der Waals surface area contributed by atoms with Gasteiger partial charge in [-0.15, -0.1) is 0 Å². The lowest BCUT2D eigenvalue weighted by molar-refractivity contribution is -0.226. The molecule has 0 aromatic heterocycles. The van der Waals surface area contributed by atoms with E-state index < -0.39 is 70.4 Å². The Morgan fingerprint density at radius 3 is 1.91 bits per heavy atom. The maximum atomic E-state index is 14.9. The summed E-state index contributed by atoms with van der Waals surface area (Å²) in [7, 11) is 0. The zero-order valence-corrected chi connectivity index (χ0v) is 23.0. The van der Waals surface area contributed by atoms with Crippen molar-refractivity contribution in [1.82, 2.24) is 0 Å². The highest BCUT2D eigenvalue weighted by atomic mass is 19.3. The molecule has 236 valence electrons. The molecule has 0 aliphatic heterocycles. The molecule has 1 atom stereocenters. The van der Waals surface area contributed by atoms with Gasteiger partial charge in [-0.3, -0.25) is 4.79 Å². The van der Waals surface area contributed by atoms with Crippen molar-refractivity contribution in [2.24, 2.45) is 11.8 Å². The van der Waals surface area contributed by atoms with Crippen molar-refractivity contribution >= 4 is 5.97 Å². The molecule has 2 aliphatic carbocycles. The molecule has 4 rings (SSSR count). The number of carbonyl (C=O) groups excluding carboxylic acids is 1. The zero-order valence-electron chi connectivity index (χ0n) is 23.0. The van der Waals surface area contributed by atoms with Crippen LogP contribution < -0.4 is 9.47 Å². The van der Waals surface area contributed by atoms with Gasteiger partial charge >= 0.3 is 18.2 Å². The van der Waals surface area contributed by atoms with E-state index in [9.17, 15) is 44.3 Å². The summed E-state index contributed by atoms with van der Waals surface area (Å²) in [5.74, 6) is -14.3. The van der Waals surface area contributed by atoms with E-state index in [1.165, 1.54) is 5.57 Å². The van der Waals surface area contributed by atoms with Crippen LogP contribution >= 0.6 is 0 Å². The van der Waals surface area contributed by atoms with Crippen LogP contribution in [0.1, 0.15) is 70.3 Å². The molecule has 2 aromatic rings. The summed E-state index contributed by atoms with van der Waals surface area (Å²) < 4.78 is 142. The normalized spacial score (nSPS) is 21.3. The van der Waals surface area contributed by atoms with Crippen molar-refractivity contribution in [1.29, 1.82) is 0 Å². The number of rotatable bonds is 10. The second kappa shape index (κ2) is 13.1. The Hall–Kier alpha value is -3.38. The zero-order chi connectivity index (χ0) is 31.5. The third-order valence-electron chi connectivity index (χ3n) is 7.61. The molecule has 0 radical (unpaired) electrons. The number of alkyl halides is 4. The van der Waals surface area contributed by atoms with Gasteiger partial charge in [0.15, 0.2) is 17.5 Å². The minimum absolute atomic E-state index is 0.0339. The number of hydrogen-bond acceptors (Lipinski definition) is 4. The average Bonchev–Trinajstić information content (AvgIpc) is 2.91. The van der Waals surface area contributed by atoms with Crippen molar-refractivity contribution in [3.63, 3.8) is 0 Å². The summed E-state index contributed by atoms with van der Waals surface area (Å²) in [5.41, 5.74) is -0.741. The Labute approximate surface area is 241 Å². The van der Waals surface area contributed by atoms with Crippen LogP contribution in [-0.4, -0.2) is 18.2 Å². The van der Waals surface area contributed by atoms with Crippen molar-refractivity contribution in [3.8, 4) is 11.5 Å². The van der Waals surface area contributed by atoms with Gasteiger partial charge in [-0.25, -0.2) is 22.0 Å². The van der Waals surface area contributed by atoms with Gasteiger partial charge in [0.2, 0.25) is 0 Å². The SMILES string of the molecule is CCCC1=CCC(C(=O)OC2CCC(C(F)(F)Oc3cc(F)c(C(F)(F)Oc4cc(F)c(F)c(F)c4)c(F)c3)CC2)CC1. The summed E-state index contributed by atoms with van der Waals surface area (Å²) in [4.78, 5) is 12.6. The number of ether oxygens (including phenoxy) is 3. The highest BCUT2D eigenvalue weighted by Crippen LogP contribution is 2.42. The predicted molar refractivity (Wildman–Crippen MR) is 135 cm³/mol. The van der Waals surface area contributed by atoms with Gasteiger partial charge in [-0.2, -0.15) is 17.6 Å². The summed E-state index contributed by atoms with van der Waals surface area (Å²) >= 11 is 0. The number of halogens is 9. The standard InChI is InChI=1S/C30H29F9O4/c1-2-3-16-4-6-17(7-5-16)28(40)41-19-10-8-18(9-11-19)29(36,37)42-20-12-22(31)26(23(32)13-20)30(38,39)43-21-14-24(33)27(35)25(34)15-21/h4,12-15,17-19H,2-3,5-11H2,1H3. The Morgan fingerprint density at radius 1 is 0.814 bits per heavy atom. The summed E-state index contributed by atoms with van der Waals surface area (Å²) in [6.07, 6.45) is -3.39. The molecule has 0 amide bonds. The molecule has 0 heterocycles. The van der Waals surface area contributed by atoms with Crippen molar-refractivity contribution in [2.45, 2.75) is 83.0 Å². The van der Waals surface area contributed by atoms with Crippen molar-refractivity contribution in [3.05, 3.63) is 70.6 Å². The molecule has 43 heavy (non-hydrogen) atoms. The van der Waals surface area contributed by atoms with Gasteiger partial charge in [-0.1, -0.05) is 25.0 Å². The van der Waals surface area contributed by atoms with E-state index in [0.29, 0.717) is 12.8 Å². The second-order valence-corrected chi connectivity index (χ2v) is 10.7. The van der Waals surface area contributed by atoms with Crippen LogP contribution in [-0.2, 0) is 15.6 Å². The van der Waals surface area contributed by atoms with Gasteiger partial charge < -0.3 is 14.2 Å². The molecule has 1 saturated carbocycles. The number of hydrogen-bond donors (Lipinski definition) is 0. The van der Waals surface area contributed by atoms with Gasteiger partial charge in [0.05, 0.1) is 11.8 Å². The van der Waals surface area contributed by atoms with Crippen molar-refractivity contribution < 1.29 is 58.5 Å². The fourth-order valence-corrected chi connectivity index (χ4v) is 5.35. The Kier molecular flexibility index (Phi) is 9.90. The number of esters is 1. The highest BCUT2D eigenvalue weighted by Gasteiger charge is 2.46. The molecule has 1 fully saturated rings. The molecular formula is C30H29F9O4. The summed E-state index contributed by atoms with van der Waals surface area (Å²) in [6.45, 7) is 2.07. The van der Waals surface area contributed by atoms with E-state index in [1.807, 2.05) is 6.08 Å². The van der Waals surface area contributed by atoms with Gasteiger partial charge in [-0.05, 0) is 51.4 Å². The van der Waals surface area contributed by atoms with E-state index in [1.54, 1.807) is 0 Å². The molecule has 0 spiro atoms. The molecule has 4 nitrogen and oxygen atoms in total. The third kappa shape index (κ3) is 7.77. The maximum absolute atomic E-state index is 14.9. The number of carbonyl (C=O) groups is 1. The Morgan fingerprint density at radius 2 is 1.37 bits per heavy atom. The van der Waals surface area contributed by atoms with Crippen LogP contribution in [0.15, 0.2) is 35.9 Å². The minimum Gasteiger partial charge on any atom is -0.462 e. The Bertz CT molecular complexity index is 1310. The first kappa shape index (κ1) is 32.5. The van der Waals surface area contributed by atoms with Crippen LogP contribution in [0, 0.1) is 40.9 Å². The largest absolute Gasteiger partial charge is 0.462 e. The van der Waals surface area contributed by atoms with Gasteiger partial charge in [0.1, 0.15) is 34.8 Å². The number of benzene rings is 2. The fourth-order valence-electron chi connectivity index (χ4n) is 5.35. The highest BCUT2D eigenvalue weighted by molar-refractivity contribution is 5.73. The minimum atomic E-state index is -4.88. The lowest BCUT2D eigenvalue weighted by atomic mass is 9.85. The quantitative estimate of drug-likeness (QED) is 0.115. The van der Waals surface area contributed by atoms with Crippen molar-refractivity contribution in [2.75, 3.05) is 0 Å². The smallest absolute Gasteiger partial charge is 0.432 e. The molecule has 2 aliphatic rings. The van der Waals surface area contributed by atoms with E-state index in [-0.39, 0.29) is 61.8 Å². The summed E-state index contributed by atoms with van der Waals surface area (Å²) in [5, 5.41) is 0. The van der Waals surface area contributed by atoms with Crippen LogP contribution in [0.4, 0.5) is 39.5 Å². The van der Waals surface area contributed by atoms with Crippen LogP contribution in [0.2, 0.25) is 0 Å². The van der Waals surface area contributed by atoms with E-state index in [0.717, 1.165) is 19.3 Å². The first-order valence-corrected chi connectivity index (χ1v) is 13.9. The van der Waals surface area contributed by atoms with Gasteiger partial charge in [0, 0.05) is 24.3 Å². The topological polar surface area (TPSA) is 44.8 Å². The molecule has 2 aromatic carbocycles. The monoisotopic (exact) mass is 624 g/mol. The average molecular weight is 625 g/mol. The summed E-state index contributed by atoms with van der Waals surface area (Å²) in [6, 6.07) is 0.249. The molecule has 0 N–H and O–H groups in total. The van der Waals surface area contributed by atoms with Crippen LogP contribution in [0.3, 0.4) is 0 Å². The first-order valence-electron chi connectivity index (χ1n) is 13.9. The van der Waals surface area contributed by atoms with E-state index >= 15 is 0 Å². The Balaban J connectivity index is 1.35. The van der Waals surface area contributed by atoms with E-state index in [2.05, 4.69) is 16.4 Å². The molecule has 0 saturated heterocycles. The lowest BCUT2D eigenvalue weighted by Crippen LogP contribution is -2.39. The lowest BCUT2D eigenvalue weighted by Gasteiger charge is -2.33. The second-order valence-electron chi connectivity index (χ2n) is 10.7. The van der Waals surface area contributed by atoms with Crippen LogP contribution in [0.5, 0.6) is 11.5 Å². The molecule has 13 heteroatoms. The number of allylic oxidation sites excluding steroid dienone is 2. The van der Waals surface area contributed by atoms with Gasteiger partial charge in [0.25, 0.3) is 0 Å². The molecular weight excluding hydrogens is 595 g/mol. The first-order chi connectivity index (χ1) is 20.2. The maximum Gasteiger partial charge on any atom is 0.432 e. The fraction of sp³-hybridized carbons (Fsp3) is 0.500. The molecule has 0 bridgehead atoms. The van der Waals surface area contributed by atoms with E-state index in [4.69, 9.17) is 4.74 Å². The van der Waals surface area contributed by atoms with Crippen LogP contribution in [0.25, 0.3) is 0 Å². The predicted octanol–water partition coefficient (Wildman–Crippen LogP) is 9.11. The third-order valence-corrected chi connectivity index (χ3v) is 7.61.